The van der Waals surface area contributed by atoms with Crippen molar-refractivity contribution in [3.63, 3.8) is 0 Å². The summed E-state index contributed by atoms with van der Waals surface area (Å²) < 4.78 is 33.9. The van der Waals surface area contributed by atoms with Gasteiger partial charge >= 0.3 is 6.61 Å². The molecule has 0 fully saturated rings. The molecule has 0 aromatic heterocycles. The first-order valence-corrected chi connectivity index (χ1v) is 7.02. The molecule has 24 heavy (non-hydrogen) atoms. The third-order valence-corrected chi connectivity index (χ3v) is 3.18. The van der Waals surface area contributed by atoms with Crippen LogP contribution in [0.3, 0.4) is 0 Å². The maximum absolute atomic E-state index is 12.3. The Kier molecular flexibility index (Phi) is 5.47. The number of rotatable bonds is 7. The highest BCUT2D eigenvalue weighted by molar-refractivity contribution is 5.99. The topological polar surface area (TPSA) is 78.6 Å². The Morgan fingerprint density at radius 3 is 1.79 bits per heavy atom. The number of carbonyl (C=O) groups is 2. The largest absolute Gasteiger partial charge is 0.483 e. The van der Waals surface area contributed by atoms with Crippen molar-refractivity contribution in [2.45, 2.75) is 19.6 Å². The summed E-state index contributed by atoms with van der Waals surface area (Å²) in [5.74, 6) is -0.509. The first-order valence-electron chi connectivity index (χ1n) is 7.02. The smallest absolute Gasteiger partial charge is 0.387 e. The highest BCUT2D eigenvalue weighted by atomic mass is 19.3. The van der Waals surface area contributed by atoms with Gasteiger partial charge in [0.15, 0.2) is 6.10 Å². The molecule has 0 aliphatic rings. The lowest BCUT2D eigenvalue weighted by molar-refractivity contribution is -0.0498. The van der Waals surface area contributed by atoms with Crippen LogP contribution in [0, 0.1) is 0 Å². The lowest BCUT2D eigenvalue weighted by Crippen LogP contribution is -2.24. The van der Waals surface area contributed by atoms with E-state index in [0.717, 1.165) is 0 Å². The van der Waals surface area contributed by atoms with Crippen LogP contribution < -0.4 is 15.2 Å². The summed E-state index contributed by atoms with van der Waals surface area (Å²) in [6, 6.07) is 11.4. The van der Waals surface area contributed by atoms with Gasteiger partial charge in [0.25, 0.3) is 0 Å². The Morgan fingerprint density at radius 1 is 0.875 bits per heavy atom. The number of benzene rings is 2. The van der Waals surface area contributed by atoms with Gasteiger partial charge in [0.2, 0.25) is 11.7 Å². The number of ether oxygens (including phenoxy) is 2. The number of amides is 1. The molecular formula is C17H15F2NO4. The van der Waals surface area contributed by atoms with E-state index >= 15 is 0 Å². The fourth-order valence-corrected chi connectivity index (χ4v) is 1.99. The third-order valence-electron chi connectivity index (χ3n) is 3.18. The number of hydrogen-bond acceptors (Lipinski definition) is 4. The van der Waals surface area contributed by atoms with Gasteiger partial charge in [-0.25, -0.2) is 0 Å². The predicted octanol–water partition coefficient (Wildman–Crippen LogP) is 3.04. The molecule has 0 bridgehead atoms. The van der Waals surface area contributed by atoms with Crippen LogP contribution in [-0.4, -0.2) is 24.4 Å². The van der Waals surface area contributed by atoms with Gasteiger partial charge in [0, 0.05) is 11.1 Å². The molecule has 0 unspecified atom stereocenters. The van der Waals surface area contributed by atoms with Gasteiger partial charge in [0.05, 0.1) is 0 Å². The molecule has 7 heteroatoms. The molecule has 1 atom stereocenters. The van der Waals surface area contributed by atoms with Gasteiger partial charge in [-0.1, -0.05) is 0 Å². The standard InChI is InChI=1S/C17H15F2NO4/c1-10(23-13-8-4-12(5-9-13)16(20)22)15(21)11-2-6-14(7-3-11)24-17(18)19/h2-10,17H,1H3,(H2,20,22)/t10-/m1/s1. The van der Waals surface area contributed by atoms with Crippen LogP contribution in [0.25, 0.3) is 0 Å². The van der Waals surface area contributed by atoms with E-state index in [1.165, 1.54) is 48.5 Å². The van der Waals surface area contributed by atoms with E-state index in [0.29, 0.717) is 16.9 Å². The number of primary amides is 1. The van der Waals surface area contributed by atoms with Crippen LogP contribution in [-0.2, 0) is 0 Å². The van der Waals surface area contributed by atoms with E-state index in [9.17, 15) is 18.4 Å². The molecule has 0 aliphatic heterocycles. The van der Waals surface area contributed by atoms with E-state index in [4.69, 9.17) is 10.5 Å². The van der Waals surface area contributed by atoms with E-state index in [1.807, 2.05) is 0 Å². The Balaban J connectivity index is 2.02. The molecule has 2 aromatic carbocycles. The Labute approximate surface area is 137 Å². The number of nitrogens with two attached hydrogens (primary N) is 1. The second kappa shape index (κ2) is 7.54. The first kappa shape index (κ1) is 17.4. The highest BCUT2D eigenvalue weighted by Gasteiger charge is 2.17. The summed E-state index contributed by atoms with van der Waals surface area (Å²) in [7, 11) is 0. The van der Waals surface area contributed by atoms with Gasteiger partial charge < -0.3 is 15.2 Å². The number of carbonyl (C=O) groups excluding carboxylic acids is 2. The average molecular weight is 335 g/mol. The monoisotopic (exact) mass is 335 g/mol. The summed E-state index contributed by atoms with van der Waals surface area (Å²) in [6.07, 6.45) is -0.800. The molecule has 0 saturated heterocycles. The molecule has 1 amide bonds. The molecule has 0 aliphatic carbocycles. The van der Waals surface area contributed by atoms with Crippen molar-refractivity contribution in [3.05, 3.63) is 59.7 Å². The molecule has 5 nitrogen and oxygen atoms in total. The molecule has 0 radical (unpaired) electrons. The van der Waals surface area contributed by atoms with Crippen molar-refractivity contribution >= 4 is 11.7 Å². The minimum atomic E-state index is -2.92. The maximum atomic E-state index is 12.3. The molecule has 126 valence electrons. The fraction of sp³-hybridized carbons (Fsp3) is 0.176. The number of alkyl halides is 2. The van der Waals surface area contributed by atoms with Crippen LogP contribution in [0.4, 0.5) is 8.78 Å². The SMILES string of the molecule is C[C@@H](Oc1ccc(C(N)=O)cc1)C(=O)c1ccc(OC(F)F)cc1. The summed E-state index contributed by atoms with van der Waals surface area (Å²) >= 11 is 0. The van der Waals surface area contributed by atoms with Crippen LogP contribution in [0.2, 0.25) is 0 Å². The maximum Gasteiger partial charge on any atom is 0.387 e. The average Bonchev–Trinajstić information content (AvgIpc) is 2.54. The minimum Gasteiger partial charge on any atom is -0.483 e. The van der Waals surface area contributed by atoms with Crippen molar-refractivity contribution in [1.29, 1.82) is 0 Å². The van der Waals surface area contributed by atoms with Crippen LogP contribution in [0.5, 0.6) is 11.5 Å². The van der Waals surface area contributed by atoms with Crippen molar-refractivity contribution in [2.75, 3.05) is 0 Å². The zero-order valence-electron chi connectivity index (χ0n) is 12.7. The van der Waals surface area contributed by atoms with Crippen LogP contribution in [0.1, 0.15) is 27.6 Å². The molecule has 2 N–H and O–H groups in total. The summed E-state index contributed by atoms with van der Waals surface area (Å²) in [6.45, 7) is -1.36. The normalized spacial score (nSPS) is 11.8. The van der Waals surface area contributed by atoms with Crippen molar-refractivity contribution in [3.8, 4) is 11.5 Å². The fourth-order valence-electron chi connectivity index (χ4n) is 1.99. The quantitative estimate of drug-likeness (QED) is 0.789. The van der Waals surface area contributed by atoms with Crippen LogP contribution >= 0.6 is 0 Å². The molecule has 0 saturated carbocycles. The predicted molar refractivity (Wildman–Crippen MR) is 82.5 cm³/mol. The Bertz CT molecular complexity index is 714. The number of hydrogen-bond donors (Lipinski definition) is 1. The van der Waals surface area contributed by atoms with Crippen LogP contribution in [0.15, 0.2) is 48.5 Å². The number of ketones is 1. The van der Waals surface area contributed by atoms with Gasteiger partial charge in [-0.15, -0.1) is 0 Å². The van der Waals surface area contributed by atoms with E-state index in [-0.39, 0.29) is 11.5 Å². The van der Waals surface area contributed by atoms with Gasteiger partial charge in [-0.05, 0) is 55.5 Å². The summed E-state index contributed by atoms with van der Waals surface area (Å²) in [5, 5.41) is 0. The van der Waals surface area contributed by atoms with Gasteiger partial charge in [0.1, 0.15) is 11.5 Å². The van der Waals surface area contributed by atoms with E-state index in [2.05, 4.69) is 4.74 Å². The Hall–Kier alpha value is -2.96. The number of Topliss-reactive ketones (excluding diaryl/α,β-unsaturated/α-hetero) is 1. The molecule has 2 aromatic rings. The van der Waals surface area contributed by atoms with Crippen molar-refractivity contribution in [2.24, 2.45) is 5.73 Å². The first-order chi connectivity index (χ1) is 11.4. The third kappa shape index (κ3) is 4.52. The number of halogens is 2. The zero-order chi connectivity index (χ0) is 17.7. The summed E-state index contributed by atoms with van der Waals surface area (Å²) in [5.41, 5.74) is 5.77. The molecule has 0 spiro atoms. The molecule has 0 heterocycles. The van der Waals surface area contributed by atoms with E-state index in [1.54, 1.807) is 6.92 Å². The van der Waals surface area contributed by atoms with E-state index < -0.39 is 18.6 Å². The second-order valence-electron chi connectivity index (χ2n) is 4.92. The lowest BCUT2D eigenvalue weighted by atomic mass is 10.1. The van der Waals surface area contributed by atoms with Crippen molar-refractivity contribution in [1.82, 2.24) is 0 Å². The highest BCUT2D eigenvalue weighted by Crippen LogP contribution is 2.18. The van der Waals surface area contributed by atoms with Crippen molar-refractivity contribution < 1.29 is 27.8 Å². The minimum absolute atomic E-state index is 0.0304. The molecular weight excluding hydrogens is 320 g/mol. The molecule has 2 rings (SSSR count). The zero-order valence-corrected chi connectivity index (χ0v) is 12.7. The van der Waals surface area contributed by atoms with Gasteiger partial charge in [-0.3, -0.25) is 9.59 Å². The summed E-state index contributed by atoms with van der Waals surface area (Å²) in [4.78, 5) is 23.3. The second-order valence-corrected chi connectivity index (χ2v) is 4.92. The Morgan fingerprint density at radius 2 is 1.33 bits per heavy atom. The van der Waals surface area contributed by atoms with Gasteiger partial charge in [-0.2, -0.15) is 8.78 Å². The lowest BCUT2D eigenvalue weighted by Gasteiger charge is -2.14.